The lowest BCUT2D eigenvalue weighted by Gasteiger charge is -2.29. The maximum absolute atomic E-state index is 6.25. The van der Waals surface area contributed by atoms with Crippen LogP contribution in [0.15, 0.2) is 91.0 Å². The molecule has 1 heteroatoms. The van der Waals surface area contributed by atoms with Gasteiger partial charge in [0, 0.05) is 23.3 Å². The zero-order chi connectivity index (χ0) is 16.7. The highest BCUT2D eigenvalue weighted by molar-refractivity contribution is 5.48. The van der Waals surface area contributed by atoms with E-state index in [0.29, 0.717) is 6.61 Å². The van der Waals surface area contributed by atoms with Crippen LogP contribution in [0.3, 0.4) is 0 Å². The van der Waals surface area contributed by atoms with Gasteiger partial charge in [-0.2, -0.15) is 0 Å². The monoisotopic (exact) mass is 312 g/mol. The maximum Gasteiger partial charge on any atom is 0.179 e. The van der Waals surface area contributed by atoms with Gasteiger partial charge in [0.2, 0.25) is 0 Å². The van der Waals surface area contributed by atoms with Crippen LogP contribution in [0.25, 0.3) is 0 Å². The largest absolute Gasteiger partial charge is 0.354 e. The number of hydrogen-bond acceptors (Lipinski definition) is 1. The Morgan fingerprint density at radius 3 is 1.62 bits per heavy atom. The molecule has 0 saturated heterocycles. The van der Waals surface area contributed by atoms with Crippen molar-refractivity contribution in [2.75, 3.05) is 6.61 Å². The third-order valence-electron chi connectivity index (χ3n) is 3.88. The van der Waals surface area contributed by atoms with E-state index in [1.807, 2.05) is 73.7 Å². The van der Waals surface area contributed by atoms with E-state index in [1.54, 1.807) is 0 Å². The molecule has 0 bridgehead atoms. The van der Waals surface area contributed by atoms with E-state index >= 15 is 0 Å². The fourth-order valence-corrected chi connectivity index (χ4v) is 2.76. The molecule has 0 aliphatic rings. The van der Waals surface area contributed by atoms with Crippen molar-refractivity contribution in [3.05, 3.63) is 108 Å². The van der Waals surface area contributed by atoms with Crippen molar-refractivity contribution in [3.63, 3.8) is 0 Å². The summed E-state index contributed by atoms with van der Waals surface area (Å²) >= 11 is 0. The van der Waals surface area contributed by atoms with Gasteiger partial charge in [-0.05, 0) is 19.1 Å². The highest BCUT2D eigenvalue weighted by Crippen LogP contribution is 2.33. The van der Waals surface area contributed by atoms with Crippen molar-refractivity contribution in [1.82, 2.24) is 0 Å². The lowest BCUT2D eigenvalue weighted by Crippen LogP contribution is -2.29. The number of ether oxygens (including phenoxy) is 1. The summed E-state index contributed by atoms with van der Waals surface area (Å²) in [4.78, 5) is 0. The lowest BCUT2D eigenvalue weighted by atomic mass is 9.86. The average molecular weight is 312 g/mol. The Bertz CT molecular complexity index is 772. The highest BCUT2D eigenvalue weighted by Gasteiger charge is 2.33. The summed E-state index contributed by atoms with van der Waals surface area (Å²) in [5, 5.41) is 0. The molecule has 0 radical (unpaired) electrons. The molecule has 0 N–H and O–H groups in total. The molecule has 118 valence electrons. The van der Waals surface area contributed by atoms with E-state index in [0.717, 1.165) is 16.7 Å². The molecule has 1 nitrogen and oxygen atoms in total. The van der Waals surface area contributed by atoms with Crippen LogP contribution < -0.4 is 0 Å². The van der Waals surface area contributed by atoms with Gasteiger partial charge in [0.05, 0.1) is 0 Å². The van der Waals surface area contributed by atoms with Crippen LogP contribution in [0.2, 0.25) is 0 Å². The minimum Gasteiger partial charge on any atom is -0.354 e. The van der Waals surface area contributed by atoms with E-state index in [4.69, 9.17) is 4.74 Å². The van der Waals surface area contributed by atoms with Gasteiger partial charge in [0.1, 0.15) is 0 Å². The van der Waals surface area contributed by atoms with Gasteiger partial charge in [-0.1, -0.05) is 90.7 Å². The zero-order valence-electron chi connectivity index (χ0n) is 13.8. The van der Waals surface area contributed by atoms with Crippen molar-refractivity contribution in [3.8, 4) is 11.8 Å². The second-order valence-corrected chi connectivity index (χ2v) is 5.46. The Morgan fingerprint density at radius 2 is 1.17 bits per heavy atom. The average Bonchev–Trinajstić information content (AvgIpc) is 2.67. The molecular weight excluding hydrogens is 292 g/mol. The van der Waals surface area contributed by atoms with Crippen LogP contribution in [0.1, 0.15) is 23.6 Å². The van der Waals surface area contributed by atoms with Crippen LogP contribution in [0.5, 0.6) is 0 Å². The highest BCUT2D eigenvalue weighted by atomic mass is 16.5. The zero-order valence-corrected chi connectivity index (χ0v) is 13.8. The molecule has 0 heterocycles. The molecular formula is C23H20O. The number of rotatable bonds is 4. The first-order chi connectivity index (χ1) is 11.8. The molecule has 3 aromatic carbocycles. The van der Waals surface area contributed by atoms with Gasteiger partial charge in [-0.3, -0.25) is 0 Å². The minimum absolute atomic E-state index is 0.577. The van der Waals surface area contributed by atoms with Crippen molar-refractivity contribution in [1.29, 1.82) is 0 Å². The summed E-state index contributed by atoms with van der Waals surface area (Å²) in [6, 6.07) is 30.4. The molecule has 24 heavy (non-hydrogen) atoms. The van der Waals surface area contributed by atoms with Crippen LogP contribution in [0.4, 0.5) is 0 Å². The van der Waals surface area contributed by atoms with E-state index in [2.05, 4.69) is 36.1 Å². The summed E-state index contributed by atoms with van der Waals surface area (Å²) in [6.45, 7) is 2.58. The molecule has 0 fully saturated rings. The first kappa shape index (κ1) is 16.1. The van der Waals surface area contributed by atoms with Gasteiger partial charge >= 0.3 is 0 Å². The Hall–Kier alpha value is -2.82. The molecule has 0 amide bonds. The standard InChI is InChI=1S/C23H20O/c1-2-24-23(21-14-8-4-9-15-21,22-16-10-5-11-17-22)19-18-20-12-6-3-7-13-20/h3-17H,2H2,1H3. The predicted molar refractivity (Wildman–Crippen MR) is 98.6 cm³/mol. The molecule has 0 unspecified atom stereocenters. The summed E-state index contributed by atoms with van der Waals surface area (Å²) in [7, 11) is 0. The lowest BCUT2D eigenvalue weighted by molar-refractivity contribution is 0.0356. The number of benzene rings is 3. The van der Waals surface area contributed by atoms with Crippen LogP contribution in [-0.4, -0.2) is 6.61 Å². The second-order valence-electron chi connectivity index (χ2n) is 5.46. The van der Waals surface area contributed by atoms with E-state index in [1.165, 1.54) is 0 Å². The fourth-order valence-electron chi connectivity index (χ4n) is 2.76. The van der Waals surface area contributed by atoms with Crippen molar-refractivity contribution < 1.29 is 4.74 Å². The summed E-state index contributed by atoms with van der Waals surface area (Å²) < 4.78 is 6.25. The molecule has 0 atom stereocenters. The van der Waals surface area contributed by atoms with Crippen LogP contribution in [0, 0.1) is 11.8 Å². The van der Waals surface area contributed by atoms with Crippen molar-refractivity contribution in [2.24, 2.45) is 0 Å². The van der Waals surface area contributed by atoms with Gasteiger partial charge in [0.25, 0.3) is 0 Å². The third-order valence-corrected chi connectivity index (χ3v) is 3.88. The first-order valence-corrected chi connectivity index (χ1v) is 8.18. The van der Waals surface area contributed by atoms with Gasteiger partial charge in [-0.15, -0.1) is 0 Å². The number of hydrogen-bond donors (Lipinski definition) is 0. The second kappa shape index (κ2) is 7.64. The molecule has 0 aliphatic carbocycles. The molecule has 3 rings (SSSR count). The van der Waals surface area contributed by atoms with Crippen LogP contribution >= 0.6 is 0 Å². The Balaban J connectivity index is 2.18. The van der Waals surface area contributed by atoms with Crippen LogP contribution in [-0.2, 0) is 10.3 Å². The minimum atomic E-state index is -0.771. The predicted octanol–water partition coefficient (Wildman–Crippen LogP) is 5.02. The van der Waals surface area contributed by atoms with E-state index < -0.39 is 5.60 Å². The smallest absolute Gasteiger partial charge is 0.179 e. The SMILES string of the molecule is CCOC(C#Cc1ccccc1)(c1ccccc1)c1ccccc1. The Kier molecular flexibility index (Phi) is 5.11. The van der Waals surface area contributed by atoms with Gasteiger partial charge in [-0.25, -0.2) is 0 Å². The summed E-state index contributed by atoms with van der Waals surface area (Å²) in [5.74, 6) is 6.70. The third kappa shape index (κ3) is 3.40. The normalized spacial score (nSPS) is 10.7. The van der Waals surface area contributed by atoms with E-state index in [-0.39, 0.29) is 0 Å². The summed E-state index contributed by atoms with van der Waals surface area (Å²) in [5.41, 5.74) is 2.30. The maximum atomic E-state index is 6.25. The molecule has 0 aliphatic heterocycles. The van der Waals surface area contributed by atoms with Crippen molar-refractivity contribution in [2.45, 2.75) is 12.5 Å². The fraction of sp³-hybridized carbons (Fsp3) is 0.130. The van der Waals surface area contributed by atoms with Gasteiger partial charge < -0.3 is 4.74 Å². The van der Waals surface area contributed by atoms with Crippen molar-refractivity contribution >= 4 is 0 Å². The molecule has 0 spiro atoms. The molecule has 3 aromatic rings. The van der Waals surface area contributed by atoms with E-state index in [9.17, 15) is 0 Å². The first-order valence-electron chi connectivity index (χ1n) is 8.18. The molecule has 0 saturated carbocycles. The molecule has 0 aromatic heterocycles. The Morgan fingerprint density at radius 1 is 0.708 bits per heavy atom. The Labute approximate surface area is 143 Å². The summed E-state index contributed by atoms with van der Waals surface area (Å²) in [6.07, 6.45) is 0. The topological polar surface area (TPSA) is 9.23 Å². The van der Waals surface area contributed by atoms with Gasteiger partial charge in [0.15, 0.2) is 5.60 Å². The quantitative estimate of drug-likeness (QED) is 0.615.